The first kappa shape index (κ1) is 14.2. The number of aromatic nitrogens is 3. The van der Waals surface area contributed by atoms with E-state index >= 15 is 0 Å². The molecule has 2 aromatic heterocycles. The summed E-state index contributed by atoms with van der Waals surface area (Å²) in [5.41, 5.74) is 0.868. The minimum atomic E-state index is -0.468. The molecule has 3 rings (SSSR count). The number of thiophene rings is 1. The Balaban J connectivity index is 2.00. The third kappa shape index (κ3) is 2.70. The quantitative estimate of drug-likeness (QED) is 0.807. The molecular formula is C14H17N3O3S. The Labute approximate surface area is 125 Å². The van der Waals surface area contributed by atoms with Crippen molar-refractivity contribution < 1.29 is 9.53 Å². The fourth-order valence-corrected chi connectivity index (χ4v) is 3.83. The van der Waals surface area contributed by atoms with Crippen LogP contribution in [-0.4, -0.2) is 27.1 Å². The zero-order valence-corrected chi connectivity index (χ0v) is 12.9. The molecule has 0 aliphatic heterocycles. The van der Waals surface area contributed by atoms with Crippen LogP contribution in [0.15, 0.2) is 4.79 Å². The largest absolute Gasteiger partial charge is 0.462 e. The summed E-state index contributed by atoms with van der Waals surface area (Å²) in [7, 11) is 0. The summed E-state index contributed by atoms with van der Waals surface area (Å²) < 4.78 is 6.16. The maximum atomic E-state index is 12.5. The van der Waals surface area contributed by atoms with E-state index in [1.54, 1.807) is 25.2 Å². The zero-order chi connectivity index (χ0) is 15.0. The number of fused-ring (bicyclic) bond motifs is 3. The highest BCUT2D eigenvalue weighted by Crippen LogP contribution is 2.33. The average molecular weight is 307 g/mol. The van der Waals surface area contributed by atoms with Crippen molar-refractivity contribution in [2.24, 2.45) is 0 Å². The molecule has 112 valence electrons. The van der Waals surface area contributed by atoms with Crippen molar-refractivity contribution in [3.63, 3.8) is 0 Å². The van der Waals surface area contributed by atoms with Crippen LogP contribution in [0.25, 0.3) is 10.2 Å². The molecule has 0 amide bonds. The van der Waals surface area contributed by atoms with Gasteiger partial charge in [-0.05, 0) is 45.1 Å². The van der Waals surface area contributed by atoms with Crippen LogP contribution in [0.4, 0.5) is 0 Å². The molecule has 21 heavy (non-hydrogen) atoms. The van der Waals surface area contributed by atoms with Crippen molar-refractivity contribution in [1.82, 2.24) is 15.0 Å². The van der Waals surface area contributed by atoms with Gasteiger partial charge in [0.05, 0.1) is 11.5 Å². The molecule has 1 aliphatic rings. The fourth-order valence-electron chi connectivity index (χ4n) is 2.63. The molecule has 2 aromatic rings. The lowest BCUT2D eigenvalue weighted by atomic mass is 9.97. The first-order valence-electron chi connectivity index (χ1n) is 7.14. The summed E-state index contributed by atoms with van der Waals surface area (Å²) in [4.78, 5) is 26.2. The van der Waals surface area contributed by atoms with Crippen molar-refractivity contribution in [2.45, 2.75) is 52.2 Å². The van der Waals surface area contributed by atoms with Gasteiger partial charge >= 0.3 is 5.97 Å². The minimum absolute atomic E-state index is 0.190. The van der Waals surface area contributed by atoms with Gasteiger partial charge in [0.1, 0.15) is 6.54 Å². The van der Waals surface area contributed by atoms with Crippen LogP contribution in [0.1, 0.15) is 37.1 Å². The van der Waals surface area contributed by atoms with E-state index in [9.17, 15) is 9.59 Å². The molecule has 0 bridgehead atoms. The normalized spacial score (nSPS) is 14.4. The molecule has 0 N–H and O–H groups in total. The van der Waals surface area contributed by atoms with Gasteiger partial charge in [0.15, 0.2) is 4.83 Å². The minimum Gasteiger partial charge on any atom is -0.462 e. The molecule has 0 aromatic carbocycles. The Morgan fingerprint density at radius 3 is 2.90 bits per heavy atom. The number of esters is 1. The van der Waals surface area contributed by atoms with Crippen LogP contribution in [0.3, 0.4) is 0 Å². The highest BCUT2D eigenvalue weighted by molar-refractivity contribution is 7.18. The molecule has 1 aliphatic carbocycles. The van der Waals surface area contributed by atoms with E-state index in [1.807, 2.05) is 0 Å². The Morgan fingerprint density at radius 1 is 1.38 bits per heavy atom. The predicted octanol–water partition coefficient (Wildman–Crippen LogP) is 1.68. The fraction of sp³-hybridized carbons (Fsp3) is 0.571. The van der Waals surface area contributed by atoms with Crippen LogP contribution < -0.4 is 5.56 Å². The Bertz CT molecular complexity index is 748. The summed E-state index contributed by atoms with van der Waals surface area (Å²) in [6.45, 7) is 3.35. The third-order valence-corrected chi connectivity index (χ3v) is 4.67. The molecular weight excluding hydrogens is 290 g/mol. The molecule has 0 saturated carbocycles. The summed E-state index contributed by atoms with van der Waals surface area (Å²) in [5.74, 6) is -0.468. The predicted molar refractivity (Wildman–Crippen MR) is 79.5 cm³/mol. The number of carbonyl (C=O) groups is 1. The Morgan fingerprint density at radius 2 is 2.14 bits per heavy atom. The van der Waals surface area contributed by atoms with Gasteiger partial charge in [-0.15, -0.1) is 16.4 Å². The van der Waals surface area contributed by atoms with Crippen LogP contribution in [0.5, 0.6) is 0 Å². The molecule has 0 radical (unpaired) electrons. The van der Waals surface area contributed by atoms with Crippen molar-refractivity contribution in [3.05, 3.63) is 20.8 Å². The highest BCUT2D eigenvalue weighted by Gasteiger charge is 2.21. The van der Waals surface area contributed by atoms with Crippen LogP contribution in [-0.2, 0) is 28.9 Å². The van der Waals surface area contributed by atoms with Crippen molar-refractivity contribution in [3.8, 4) is 0 Å². The highest BCUT2D eigenvalue weighted by atomic mass is 32.1. The standard InChI is InChI=1S/C14H17N3O3S/c1-8(2)20-11(18)7-17-14(19)12-9-5-3-4-6-10(9)21-13(12)15-16-17/h8H,3-7H2,1-2H3. The van der Waals surface area contributed by atoms with Crippen LogP contribution >= 0.6 is 11.3 Å². The first-order valence-corrected chi connectivity index (χ1v) is 7.95. The monoisotopic (exact) mass is 307 g/mol. The number of hydrogen-bond donors (Lipinski definition) is 0. The van der Waals surface area contributed by atoms with Gasteiger partial charge in [-0.2, -0.15) is 4.68 Å². The zero-order valence-electron chi connectivity index (χ0n) is 12.1. The SMILES string of the molecule is CC(C)OC(=O)Cn1nnc2sc3c(c2c1=O)CCCC3. The number of ether oxygens (including phenoxy) is 1. The first-order chi connectivity index (χ1) is 10.1. The third-order valence-electron chi connectivity index (χ3n) is 3.49. The van der Waals surface area contributed by atoms with Gasteiger partial charge in [-0.1, -0.05) is 5.21 Å². The maximum Gasteiger partial charge on any atom is 0.328 e. The topological polar surface area (TPSA) is 74.1 Å². The van der Waals surface area contributed by atoms with Gasteiger partial charge in [-0.25, -0.2) is 0 Å². The maximum absolute atomic E-state index is 12.5. The van der Waals surface area contributed by atoms with E-state index in [1.165, 1.54) is 4.88 Å². The molecule has 6 nitrogen and oxygen atoms in total. The van der Waals surface area contributed by atoms with Gasteiger partial charge in [0.25, 0.3) is 5.56 Å². The van der Waals surface area contributed by atoms with E-state index in [-0.39, 0.29) is 18.2 Å². The lowest BCUT2D eigenvalue weighted by molar-refractivity contribution is -0.148. The van der Waals surface area contributed by atoms with Crippen molar-refractivity contribution >= 4 is 27.5 Å². The van der Waals surface area contributed by atoms with Gasteiger partial charge < -0.3 is 4.74 Å². The van der Waals surface area contributed by atoms with E-state index in [4.69, 9.17) is 4.74 Å². The van der Waals surface area contributed by atoms with Gasteiger partial charge in [0, 0.05) is 4.88 Å². The van der Waals surface area contributed by atoms with E-state index in [0.717, 1.165) is 35.9 Å². The number of hydrogen-bond acceptors (Lipinski definition) is 6. The molecule has 0 saturated heterocycles. The number of nitrogens with zero attached hydrogens (tertiary/aromatic N) is 3. The lowest BCUT2D eigenvalue weighted by Gasteiger charge is -2.10. The molecule has 0 atom stereocenters. The smallest absolute Gasteiger partial charge is 0.328 e. The number of carbonyl (C=O) groups excluding carboxylic acids is 1. The van der Waals surface area contributed by atoms with E-state index in [0.29, 0.717) is 10.2 Å². The molecule has 7 heteroatoms. The Kier molecular flexibility index (Phi) is 3.75. The number of aryl methyl sites for hydroxylation is 2. The second-order valence-electron chi connectivity index (χ2n) is 5.48. The second kappa shape index (κ2) is 5.55. The summed E-state index contributed by atoms with van der Waals surface area (Å²) in [6, 6.07) is 0. The summed E-state index contributed by atoms with van der Waals surface area (Å²) >= 11 is 1.55. The number of rotatable bonds is 3. The lowest BCUT2D eigenvalue weighted by Crippen LogP contribution is -2.29. The van der Waals surface area contributed by atoms with E-state index in [2.05, 4.69) is 10.3 Å². The van der Waals surface area contributed by atoms with Crippen molar-refractivity contribution in [2.75, 3.05) is 0 Å². The summed E-state index contributed by atoms with van der Waals surface area (Å²) in [6.07, 6.45) is 3.95. The Hall–Kier alpha value is -1.76. The van der Waals surface area contributed by atoms with Gasteiger partial charge in [0.2, 0.25) is 0 Å². The van der Waals surface area contributed by atoms with Crippen LogP contribution in [0.2, 0.25) is 0 Å². The van der Waals surface area contributed by atoms with E-state index < -0.39 is 5.97 Å². The molecule has 0 fully saturated rings. The second-order valence-corrected chi connectivity index (χ2v) is 6.57. The van der Waals surface area contributed by atoms with Crippen molar-refractivity contribution in [1.29, 1.82) is 0 Å². The van der Waals surface area contributed by atoms with Crippen LogP contribution in [0, 0.1) is 0 Å². The summed E-state index contributed by atoms with van der Waals surface area (Å²) in [5, 5.41) is 8.60. The molecule has 0 spiro atoms. The molecule has 0 unspecified atom stereocenters. The molecule has 2 heterocycles. The van der Waals surface area contributed by atoms with Gasteiger partial charge in [-0.3, -0.25) is 9.59 Å². The average Bonchev–Trinajstić information content (AvgIpc) is 2.80.